The Hall–Kier alpha value is -11.8. The van der Waals surface area contributed by atoms with Crippen molar-refractivity contribution in [3.05, 3.63) is 102 Å². The fraction of sp³-hybridized carbons (Fsp3) is 0.506. The molecule has 0 aliphatic carbocycles. The lowest BCUT2D eigenvalue weighted by Gasteiger charge is -2.34. The number of hydrogen-bond donors (Lipinski definition) is 23. The summed E-state index contributed by atoms with van der Waals surface area (Å²) in [5.41, 5.74) is 28.3. The average Bonchev–Trinajstić information content (AvgIpc) is 1.68. The third-order valence-corrected chi connectivity index (χ3v) is 19.9. The molecule has 12 atom stereocenters. The average molecular weight is 1710 g/mol. The van der Waals surface area contributed by atoms with Gasteiger partial charge in [0.2, 0.25) is 100 Å². The molecule has 0 aliphatic heterocycles. The molecular weight excluding hydrogens is 1600 g/mol. The maximum atomic E-state index is 15.5. The highest BCUT2D eigenvalue weighted by Gasteiger charge is 2.44. The van der Waals surface area contributed by atoms with Gasteiger partial charge in [0.25, 0.3) is 0 Å². The number of H-pyrrole nitrogens is 2. The molecule has 0 spiro atoms. The van der Waals surface area contributed by atoms with E-state index >= 15 is 28.8 Å². The number of aliphatic hydroxyl groups is 1. The van der Waals surface area contributed by atoms with Crippen molar-refractivity contribution in [2.45, 2.75) is 227 Å². The van der Waals surface area contributed by atoms with Crippen LogP contribution in [0.3, 0.4) is 0 Å². The Morgan fingerprint density at radius 1 is 0.458 bits per heavy atom. The van der Waals surface area contributed by atoms with Crippen LogP contribution in [0.15, 0.2) is 85.2 Å². The molecule has 39 nitrogen and oxygen atoms in total. The molecule has 5 aromatic rings. The molecule has 17 amide bonds. The lowest BCUT2D eigenvalue weighted by atomic mass is 9.91. The summed E-state index contributed by atoms with van der Waals surface area (Å²) >= 11 is 9.18. The van der Waals surface area contributed by atoms with E-state index in [2.05, 4.69) is 91.7 Å². The number of unbranched alkanes of at least 4 members (excludes halogenated alkanes) is 2. The van der Waals surface area contributed by atoms with E-state index in [1.165, 1.54) is 48.7 Å². The van der Waals surface area contributed by atoms with Crippen molar-refractivity contribution in [2.24, 2.45) is 28.7 Å². The number of methoxy groups -OCH3 is 1. The molecule has 2 aromatic heterocycles. The van der Waals surface area contributed by atoms with Crippen LogP contribution in [0.1, 0.15) is 143 Å². The smallest absolute Gasteiger partial charge is 0.246 e. The van der Waals surface area contributed by atoms with E-state index in [1.807, 2.05) is 0 Å². The molecule has 0 fully saturated rings. The van der Waals surface area contributed by atoms with Gasteiger partial charge in [0.1, 0.15) is 71.7 Å². The molecule has 26 N–H and O–H groups in total. The van der Waals surface area contributed by atoms with Crippen molar-refractivity contribution in [3.8, 4) is 5.75 Å². The minimum Gasteiger partial charge on any atom is -0.497 e. The Morgan fingerprint density at radius 2 is 0.908 bits per heavy atom. The number of rotatable bonds is 51. The quantitative estimate of drug-likeness (QED) is 0.0134. The van der Waals surface area contributed by atoms with Crippen molar-refractivity contribution < 1.29 is 91.4 Å². The number of amides is 17. The Bertz CT molecular complexity index is 4490. The second-order valence-corrected chi connectivity index (χ2v) is 32.9. The van der Waals surface area contributed by atoms with Crippen molar-refractivity contribution in [3.63, 3.8) is 0 Å². The fourth-order valence-electron chi connectivity index (χ4n) is 12.8. The van der Waals surface area contributed by atoms with Gasteiger partial charge in [0, 0.05) is 96.2 Å². The SMILES string of the molecule is COc1ccc(C[C@H](NC(=O)[C@@H](NC(=O)[C@H](CCC(N)=O)NC(=O)[C@H](Cc2c[nH]c3ccccc23)NC(=O)[C@@H](NC(=O)[C@H](CCC(N)=O)NC(=O)[C@@H](NC(C)=O)C(C)(C)S)[C@@H](C)O)C(C)(C)S)C(=O)N[C@@H](Cc2c[nH]c3ccccc23)C(=O)N[C@@](C)(CCCCN)C(=O)N[C@@H](CCCCNC(C)=O)C(=O)N[C@@H](CC(N)=O)C(=O)NCC(N)=O)cc1. The molecule has 5 rings (SSSR count). The topological polar surface area (TPSA) is 638 Å². The molecule has 656 valence electrons. The van der Waals surface area contributed by atoms with Crippen LogP contribution in [0.2, 0.25) is 0 Å². The first-order chi connectivity index (χ1) is 56.3. The number of carbonyl (C=O) groups excluding carboxylic acids is 17. The summed E-state index contributed by atoms with van der Waals surface area (Å²) in [5, 5.41) is 45.7. The zero-order chi connectivity index (χ0) is 89.5. The maximum absolute atomic E-state index is 15.5. The predicted octanol–water partition coefficient (Wildman–Crippen LogP) is -3.33. The van der Waals surface area contributed by atoms with Crippen LogP contribution < -0.4 is 103 Å². The standard InChI is InChI=1S/C79H114N20O19S2/c1-41(100)63(97-68(109)53(27-29-59(81)103)91-74(115)64(77(4,5)119)89-43(3)102)73(114)94-56(35-45-38-86-50-20-12-10-18-48(45)50)71(112)90-54(28-30-60(82)104)69(110)98-65(78(6,7)120)75(116)95-55(34-44-23-25-47(118-9)26-24-44)70(111)92-57(36-46-39-87-51-21-13-11-19-49(46)51)72(113)99-79(8,31-15-16-32-80)76(117)96-52(22-14-17-33-85-42(2)101)67(108)93-58(37-61(83)105)66(107)88-40-62(84)106/h10-13,18-21,23-26,38-39,41,52-58,63-65,86-87,100,119-120H,14-17,22,27-37,40,80H2,1-9H3,(H2,81,103)(H2,82,104)(H2,83,105)(H2,84,106)(H,85,101)(H,88,107)(H,89,102)(H,90,112)(H,91,115)(H,92,111)(H,93,108)(H,94,114)(H,95,116)(H,96,117)(H,97,109)(H,98,110)(H,99,113)/t41-,52+,53+,54+,55+,56+,57+,58+,63+,64-,65-,79+/m1/s1. The third-order valence-electron chi connectivity index (χ3n) is 19.4. The highest BCUT2D eigenvalue weighted by molar-refractivity contribution is 7.82. The van der Waals surface area contributed by atoms with Crippen LogP contribution >= 0.6 is 25.3 Å². The zero-order valence-corrected chi connectivity index (χ0v) is 70.3. The molecule has 0 saturated carbocycles. The monoisotopic (exact) mass is 1710 g/mol. The van der Waals surface area contributed by atoms with E-state index < -0.39 is 215 Å². The number of aromatic nitrogens is 2. The van der Waals surface area contributed by atoms with E-state index in [1.54, 1.807) is 85.2 Å². The van der Waals surface area contributed by atoms with Crippen LogP contribution in [0.25, 0.3) is 21.8 Å². The Labute approximate surface area is 704 Å². The molecule has 120 heavy (non-hydrogen) atoms. The third kappa shape index (κ3) is 31.8. The van der Waals surface area contributed by atoms with Gasteiger partial charge in [-0.05, 0) is 140 Å². The van der Waals surface area contributed by atoms with E-state index in [9.17, 15) is 57.8 Å². The molecule has 0 bridgehead atoms. The van der Waals surface area contributed by atoms with Gasteiger partial charge in [-0.3, -0.25) is 81.5 Å². The minimum absolute atomic E-state index is 0.137. The van der Waals surface area contributed by atoms with Crippen LogP contribution in [0, 0.1) is 0 Å². The minimum atomic E-state index is -1.98. The van der Waals surface area contributed by atoms with Gasteiger partial charge in [-0.1, -0.05) is 48.5 Å². The number of thiol groups is 2. The van der Waals surface area contributed by atoms with E-state index in [-0.39, 0.29) is 70.4 Å². The molecule has 41 heteroatoms. The van der Waals surface area contributed by atoms with Gasteiger partial charge in [-0.15, -0.1) is 0 Å². The Kier molecular flexibility index (Phi) is 38.2. The van der Waals surface area contributed by atoms with Crippen molar-refractivity contribution >= 4 is 147 Å². The number of ether oxygens (including phenoxy) is 1. The number of nitrogens with one attached hydrogen (secondary N) is 15. The molecule has 2 heterocycles. The Balaban J connectivity index is 1.55. The number of carbonyl (C=O) groups is 17. The van der Waals surface area contributed by atoms with Crippen LogP contribution in [-0.4, -0.2) is 224 Å². The first kappa shape index (κ1) is 98.7. The number of nitrogens with two attached hydrogens (primary N) is 5. The summed E-state index contributed by atoms with van der Waals surface area (Å²) in [7, 11) is 1.42. The van der Waals surface area contributed by atoms with Gasteiger partial charge in [0.05, 0.1) is 26.2 Å². The van der Waals surface area contributed by atoms with Gasteiger partial charge in [0.15, 0.2) is 0 Å². The molecular formula is C79H114N20O19S2. The van der Waals surface area contributed by atoms with Gasteiger partial charge in [-0.2, -0.15) is 25.3 Å². The number of aliphatic hydroxyl groups excluding tert-OH is 1. The highest BCUT2D eigenvalue weighted by atomic mass is 32.1. The maximum Gasteiger partial charge on any atom is 0.246 e. The summed E-state index contributed by atoms with van der Waals surface area (Å²) in [4.78, 5) is 241. The first-order valence-electron chi connectivity index (χ1n) is 38.9. The lowest BCUT2D eigenvalue weighted by molar-refractivity contribution is -0.138. The molecule has 0 saturated heterocycles. The molecule has 0 radical (unpaired) electrons. The fourth-order valence-corrected chi connectivity index (χ4v) is 13.2. The number of fused-ring (bicyclic) bond motifs is 2. The van der Waals surface area contributed by atoms with Crippen LogP contribution in [0.4, 0.5) is 0 Å². The van der Waals surface area contributed by atoms with Crippen molar-refractivity contribution in [1.82, 2.24) is 79.1 Å². The molecule has 0 aliphatic rings. The van der Waals surface area contributed by atoms with Gasteiger partial charge in [-0.25, -0.2) is 0 Å². The normalized spacial score (nSPS) is 14.7. The van der Waals surface area contributed by atoms with E-state index in [4.69, 9.17) is 46.0 Å². The number of benzene rings is 3. The molecule has 0 unspecified atom stereocenters. The summed E-state index contributed by atoms with van der Waals surface area (Å²) in [5.74, 6) is -15.9. The zero-order valence-electron chi connectivity index (χ0n) is 68.5. The highest BCUT2D eigenvalue weighted by Crippen LogP contribution is 2.26. The summed E-state index contributed by atoms with van der Waals surface area (Å²) < 4.78 is 2.57. The van der Waals surface area contributed by atoms with E-state index in [0.717, 1.165) is 13.8 Å². The number of aromatic amines is 2. The summed E-state index contributed by atoms with van der Waals surface area (Å²) in [6.07, 6.45) is -1.74. The number of primary amides is 4. The van der Waals surface area contributed by atoms with Crippen molar-refractivity contribution in [1.29, 1.82) is 0 Å². The van der Waals surface area contributed by atoms with Gasteiger partial charge < -0.3 is 118 Å². The number of para-hydroxylation sites is 2. The lowest BCUT2D eigenvalue weighted by Crippen LogP contribution is -2.65. The predicted molar refractivity (Wildman–Crippen MR) is 448 cm³/mol. The second kappa shape index (κ2) is 46.5. The van der Waals surface area contributed by atoms with Gasteiger partial charge >= 0.3 is 0 Å². The van der Waals surface area contributed by atoms with Crippen LogP contribution in [-0.2, 0) is 101 Å². The van der Waals surface area contributed by atoms with E-state index in [0.29, 0.717) is 50.7 Å². The largest absolute Gasteiger partial charge is 0.497 e. The van der Waals surface area contributed by atoms with Crippen LogP contribution in [0.5, 0.6) is 5.75 Å². The Morgan fingerprint density at radius 3 is 1.39 bits per heavy atom. The molecule has 3 aromatic carbocycles. The second-order valence-electron chi connectivity index (χ2n) is 30.6. The summed E-state index contributed by atoms with van der Waals surface area (Å²) in [6.45, 7) is 10.4. The summed E-state index contributed by atoms with van der Waals surface area (Å²) in [6, 6.07) is 3.46. The van der Waals surface area contributed by atoms with Crippen molar-refractivity contribution in [2.75, 3.05) is 26.7 Å². The first-order valence-corrected chi connectivity index (χ1v) is 39.8. The number of hydrogen-bond acceptors (Lipinski definition) is 22.